The van der Waals surface area contributed by atoms with E-state index in [1.165, 1.54) is 10.4 Å². The summed E-state index contributed by atoms with van der Waals surface area (Å²) >= 11 is 8.00. The molecule has 1 aliphatic heterocycles. The van der Waals surface area contributed by atoms with E-state index in [4.69, 9.17) is 11.6 Å². The molecule has 2 unspecified atom stereocenters. The van der Waals surface area contributed by atoms with E-state index in [0.717, 1.165) is 29.0 Å². The van der Waals surface area contributed by atoms with Crippen molar-refractivity contribution in [3.05, 3.63) is 21.4 Å². The fourth-order valence-corrected chi connectivity index (χ4v) is 4.20. The summed E-state index contributed by atoms with van der Waals surface area (Å²) in [6, 6.07) is 0. The Morgan fingerprint density at radius 1 is 1.38 bits per heavy atom. The first-order chi connectivity index (χ1) is 9.95. The first-order valence-electron chi connectivity index (χ1n) is 7.28. The highest BCUT2D eigenvalue weighted by Crippen LogP contribution is 2.33. The number of aliphatic hydroxyl groups excluding tert-OH is 1. The van der Waals surface area contributed by atoms with E-state index in [1.807, 2.05) is 0 Å². The molecule has 0 spiro atoms. The van der Waals surface area contributed by atoms with Crippen LogP contribution in [0.2, 0.25) is 5.15 Å². The first-order valence-corrected chi connectivity index (χ1v) is 8.47. The van der Waals surface area contributed by atoms with Crippen LogP contribution in [0.3, 0.4) is 0 Å². The zero-order valence-electron chi connectivity index (χ0n) is 12.6. The monoisotopic (exact) mass is 325 g/mol. The molecule has 2 aromatic heterocycles. The number of thiophene rings is 1. The van der Waals surface area contributed by atoms with Gasteiger partial charge in [-0.3, -0.25) is 4.90 Å². The summed E-state index contributed by atoms with van der Waals surface area (Å²) in [4.78, 5) is 13.5. The summed E-state index contributed by atoms with van der Waals surface area (Å²) in [6.07, 6.45) is 0.748. The van der Waals surface area contributed by atoms with Gasteiger partial charge < -0.3 is 5.11 Å². The van der Waals surface area contributed by atoms with E-state index >= 15 is 0 Å². The molecule has 3 rings (SSSR count). The fourth-order valence-electron chi connectivity index (χ4n) is 2.77. The summed E-state index contributed by atoms with van der Waals surface area (Å²) in [5.41, 5.74) is 1.17. The molecule has 1 N–H and O–H groups in total. The van der Waals surface area contributed by atoms with Crippen LogP contribution in [0.15, 0.2) is 0 Å². The van der Waals surface area contributed by atoms with Crippen LogP contribution in [0.1, 0.15) is 29.6 Å². The van der Waals surface area contributed by atoms with E-state index in [9.17, 15) is 5.11 Å². The van der Waals surface area contributed by atoms with Crippen LogP contribution >= 0.6 is 22.9 Å². The van der Waals surface area contributed by atoms with Crippen molar-refractivity contribution in [2.75, 3.05) is 13.1 Å². The number of fused-ring (bicyclic) bond motifs is 1. The van der Waals surface area contributed by atoms with E-state index < -0.39 is 0 Å². The third kappa shape index (κ3) is 2.93. The van der Waals surface area contributed by atoms with E-state index in [0.29, 0.717) is 24.2 Å². The van der Waals surface area contributed by atoms with Gasteiger partial charge in [-0.15, -0.1) is 11.3 Å². The van der Waals surface area contributed by atoms with E-state index in [1.54, 1.807) is 11.3 Å². The number of aryl methyl sites for hydroxylation is 2. The molecule has 3 heterocycles. The van der Waals surface area contributed by atoms with Gasteiger partial charge in [0.2, 0.25) is 0 Å². The molecule has 1 saturated heterocycles. The lowest BCUT2D eigenvalue weighted by Crippen LogP contribution is -2.42. The highest BCUT2D eigenvalue weighted by molar-refractivity contribution is 7.18. The quantitative estimate of drug-likeness (QED) is 0.862. The maximum Gasteiger partial charge on any atom is 0.145 e. The molecule has 114 valence electrons. The number of hydrogen-bond acceptors (Lipinski definition) is 5. The van der Waals surface area contributed by atoms with Gasteiger partial charge in [0, 0.05) is 11.4 Å². The fraction of sp³-hybridized carbons (Fsp3) is 0.600. The van der Waals surface area contributed by atoms with Crippen LogP contribution in [0.25, 0.3) is 10.2 Å². The largest absolute Gasteiger partial charge is 0.392 e. The number of nitrogens with zero attached hydrogens (tertiary/aromatic N) is 3. The summed E-state index contributed by atoms with van der Waals surface area (Å²) in [6.45, 7) is 8.54. The van der Waals surface area contributed by atoms with Crippen LogP contribution in [-0.4, -0.2) is 39.2 Å². The third-order valence-corrected chi connectivity index (χ3v) is 5.77. The molecule has 2 atom stereocenters. The molecule has 0 saturated carbocycles. The van der Waals surface area contributed by atoms with Crippen molar-refractivity contribution in [2.24, 2.45) is 5.92 Å². The lowest BCUT2D eigenvalue weighted by Gasteiger charge is -2.33. The summed E-state index contributed by atoms with van der Waals surface area (Å²) < 4.78 is 0. The van der Waals surface area contributed by atoms with Crippen LogP contribution in [-0.2, 0) is 6.54 Å². The molecular weight excluding hydrogens is 306 g/mol. The SMILES string of the molecule is Cc1sc2nc(CN3CCC(C)C(O)C3)nc(Cl)c2c1C. The van der Waals surface area contributed by atoms with Crippen molar-refractivity contribution in [3.8, 4) is 0 Å². The zero-order valence-corrected chi connectivity index (χ0v) is 14.1. The Morgan fingerprint density at radius 2 is 2.14 bits per heavy atom. The maximum atomic E-state index is 9.99. The minimum absolute atomic E-state index is 0.260. The maximum absolute atomic E-state index is 9.99. The van der Waals surface area contributed by atoms with Gasteiger partial charge in [0.25, 0.3) is 0 Å². The normalized spacial score (nSPS) is 23.9. The standard InChI is InChI=1S/C15H20ClN3OS/c1-8-4-5-19(6-11(8)20)7-12-17-14(16)13-9(2)10(3)21-15(13)18-12/h8,11,20H,4-7H2,1-3H3. The zero-order chi connectivity index (χ0) is 15.1. The Hall–Kier alpha value is -0.750. The van der Waals surface area contributed by atoms with Gasteiger partial charge in [0.05, 0.1) is 18.0 Å². The van der Waals surface area contributed by atoms with Crippen LogP contribution in [0.4, 0.5) is 0 Å². The Kier molecular flexibility index (Phi) is 4.19. The van der Waals surface area contributed by atoms with Gasteiger partial charge in [-0.2, -0.15) is 0 Å². The predicted octanol–water partition coefficient (Wildman–Crippen LogP) is 3.16. The third-order valence-electron chi connectivity index (χ3n) is 4.40. The molecule has 0 amide bonds. The molecule has 6 heteroatoms. The molecule has 0 bridgehead atoms. The van der Waals surface area contributed by atoms with E-state index in [2.05, 4.69) is 35.6 Å². The van der Waals surface area contributed by atoms with E-state index in [-0.39, 0.29) is 6.10 Å². The molecule has 0 aromatic carbocycles. The highest BCUT2D eigenvalue weighted by Gasteiger charge is 2.25. The molecule has 2 aromatic rings. The van der Waals surface area contributed by atoms with Crippen molar-refractivity contribution in [3.63, 3.8) is 0 Å². The number of likely N-dealkylation sites (tertiary alicyclic amines) is 1. The Balaban J connectivity index is 1.85. The van der Waals surface area contributed by atoms with Crippen molar-refractivity contribution in [1.82, 2.24) is 14.9 Å². The highest BCUT2D eigenvalue weighted by atomic mass is 35.5. The molecule has 21 heavy (non-hydrogen) atoms. The van der Waals surface area contributed by atoms with Crippen molar-refractivity contribution in [1.29, 1.82) is 0 Å². The first kappa shape index (κ1) is 15.2. The minimum Gasteiger partial charge on any atom is -0.392 e. The Labute approximate surface area is 133 Å². The predicted molar refractivity (Wildman–Crippen MR) is 87.0 cm³/mol. The molecule has 4 nitrogen and oxygen atoms in total. The number of aromatic nitrogens is 2. The second kappa shape index (κ2) is 5.80. The number of halogens is 1. The van der Waals surface area contributed by atoms with Gasteiger partial charge in [0.1, 0.15) is 15.8 Å². The second-order valence-corrected chi connectivity index (χ2v) is 7.52. The summed E-state index contributed by atoms with van der Waals surface area (Å²) in [7, 11) is 0. The van der Waals surface area contributed by atoms with Crippen molar-refractivity contribution >= 4 is 33.2 Å². The number of aliphatic hydroxyl groups is 1. The van der Waals surface area contributed by atoms with Crippen LogP contribution < -0.4 is 0 Å². The number of rotatable bonds is 2. The van der Waals surface area contributed by atoms with Crippen molar-refractivity contribution < 1.29 is 5.11 Å². The molecule has 0 aliphatic carbocycles. The van der Waals surface area contributed by atoms with Gasteiger partial charge in [0.15, 0.2) is 0 Å². The minimum atomic E-state index is -0.260. The number of β-amino-alcohol motifs (C(OH)–C–C–N with tert-alkyl or cyclic N) is 1. The van der Waals surface area contributed by atoms with Crippen molar-refractivity contribution in [2.45, 2.75) is 39.8 Å². The lowest BCUT2D eigenvalue weighted by molar-refractivity contribution is 0.0249. The topological polar surface area (TPSA) is 49.2 Å². The van der Waals surface area contributed by atoms with Gasteiger partial charge in [-0.25, -0.2) is 9.97 Å². The molecule has 1 aliphatic rings. The smallest absolute Gasteiger partial charge is 0.145 e. The van der Waals surface area contributed by atoms with Crippen LogP contribution in [0, 0.1) is 19.8 Å². The number of piperidine rings is 1. The Morgan fingerprint density at radius 3 is 2.86 bits per heavy atom. The number of hydrogen-bond donors (Lipinski definition) is 1. The summed E-state index contributed by atoms with van der Waals surface area (Å²) in [5.74, 6) is 1.12. The van der Waals surface area contributed by atoms with Gasteiger partial charge in [-0.1, -0.05) is 18.5 Å². The molecular formula is C15H20ClN3OS. The average Bonchev–Trinajstić information content (AvgIpc) is 2.70. The molecule has 1 fully saturated rings. The summed E-state index contributed by atoms with van der Waals surface area (Å²) in [5, 5.41) is 11.5. The molecule has 0 radical (unpaired) electrons. The average molecular weight is 326 g/mol. The lowest BCUT2D eigenvalue weighted by atomic mass is 9.96. The van der Waals surface area contributed by atoms with Gasteiger partial charge in [-0.05, 0) is 38.3 Å². The Bertz CT molecular complexity index is 672. The van der Waals surface area contributed by atoms with Crippen LogP contribution in [0.5, 0.6) is 0 Å². The second-order valence-electron chi connectivity index (χ2n) is 5.96. The van der Waals surface area contributed by atoms with Gasteiger partial charge >= 0.3 is 0 Å².